The molecule has 0 atom stereocenters. The molecule has 1 heterocycles. The highest BCUT2D eigenvalue weighted by Gasteiger charge is 2.41. The van der Waals surface area contributed by atoms with Crippen LogP contribution in [0.5, 0.6) is 0 Å². The van der Waals surface area contributed by atoms with Crippen molar-refractivity contribution in [3.8, 4) is 39.3 Å². The molecule has 282 valence electrons. The van der Waals surface area contributed by atoms with E-state index in [0.29, 0.717) is 0 Å². The summed E-state index contributed by atoms with van der Waals surface area (Å²) in [7, 11) is -2.65. The quantitative estimate of drug-likeness (QED) is 0.0853. The SMILES string of the molecule is c1ccc(-c2nc3ccccc3n2-c2ccc(-c3c4ccccc4c(-c4ccc([Si](c5ccccc5)(c5ccccc5)c5ccccc5)cc4)c4ccccc34)cc2)cc1. The van der Waals surface area contributed by atoms with Crippen LogP contribution in [0.2, 0.25) is 0 Å². The van der Waals surface area contributed by atoms with Crippen LogP contribution in [0.25, 0.3) is 71.9 Å². The molecule has 0 amide bonds. The number of aromatic nitrogens is 2. The molecule has 0 spiro atoms. The summed E-state index contributed by atoms with van der Waals surface area (Å²) >= 11 is 0. The first kappa shape index (κ1) is 35.6. The average molecular weight is 781 g/mol. The number of imidazole rings is 1. The van der Waals surface area contributed by atoms with E-state index < -0.39 is 8.07 Å². The molecule has 1 aromatic heterocycles. The molecule has 0 aliphatic rings. The fourth-order valence-electron chi connectivity index (χ4n) is 9.55. The van der Waals surface area contributed by atoms with Crippen LogP contribution in [-0.4, -0.2) is 17.6 Å². The Balaban J connectivity index is 1.07. The van der Waals surface area contributed by atoms with Crippen molar-refractivity contribution in [1.29, 1.82) is 0 Å². The number of hydrogen-bond donors (Lipinski definition) is 0. The molecule has 0 saturated heterocycles. The van der Waals surface area contributed by atoms with Gasteiger partial charge in [0.25, 0.3) is 0 Å². The zero-order valence-electron chi connectivity index (χ0n) is 33.0. The zero-order chi connectivity index (χ0) is 39.9. The topological polar surface area (TPSA) is 17.8 Å². The lowest BCUT2D eigenvalue weighted by Gasteiger charge is -2.34. The molecular weight excluding hydrogens is 741 g/mol. The van der Waals surface area contributed by atoms with E-state index in [2.05, 4.69) is 247 Å². The summed E-state index contributed by atoms with van der Waals surface area (Å²) in [6.45, 7) is 0. The Morgan fingerprint density at radius 1 is 0.300 bits per heavy atom. The van der Waals surface area contributed by atoms with Gasteiger partial charge in [-0.1, -0.05) is 218 Å². The van der Waals surface area contributed by atoms with Crippen LogP contribution in [0.1, 0.15) is 0 Å². The fourth-order valence-corrected chi connectivity index (χ4v) is 14.3. The monoisotopic (exact) mass is 780 g/mol. The predicted molar refractivity (Wildman–Crippen MR) is 256 cm³/mol. The van der Waals surface area contributed by atoms with E-state index in [4.69, 9.17) is 4.98 Å². The molecule has 0 aliphatic heterocycles. The van der Waals surface area contributed by atoms with Crippen molar-refractivity contribution in [3.63, 3.8) is 0 Å². The standard InChI is InChI=1S/C57H40N2Si/c1-5-19-43(20-6-1)57-58-53-31-17-18-32-54(53)59(57)44-37-33-41(34-38-44)55-49-27-13-15-29-51(49)56(52-30-16-14-28-50(52)55)42-35-39-48(40-36-42)60(45-21-7-2-8-22-45,46-23-9-3-10-24-46)47-25-11-4-12-26-47/h1-40H. The summed E-state index contributed by atoms with van der Waals surface area (Å²) in [6.07, 6.45) is 0. The van der Waals surface area contributed by atoms with E-state index in [0.717, 1.165) is 28.1 Å². The van der Waals surface area contributed by atoms with E-state index in [1.165, 1.54) is 64.5 Å². The lowest BCUT2D eigenvalue weighted by Crippen LogP contribution is -2.74. The number of nitrogens with zero attached hydrogens (tertiary/aromatic N) is 2. The van der Waals surface area contributed by atoms with Gasteiger partial charge in [0.2, 0.25) is 0 Å². The Kier molecular flexibility index (Phi) is 8.87. The van der Waals surface area contributed by atoms with Crippen LogP contribution in [0.3, 0.4) is 0 Å². The van der Waals surface area contributed by atoms with Gasteiger partial charge in [0.1, 0.15) is 5.82 Å². The normalized spacial score (nSPS) is 11.7. The molecule has 3 heteroatoms. The number of rotatable bonds is 8. The van der Waals surface area contributed by atoms with Gasteiger partial charge in [0.05, 0.1) is 11.0 Å². The maximum Gasteiger partial charge on any atom is 0.179 e. The smallest absolute Gasteiger partial charge is 0.179 e. The van der Waals surface area contributed by atoms with Crippen LogP contribution in [0.15, 0.2) is 243 Å². The summed E-state index contributed by atoms with van der Waals surface area (Å²) in [5, 5.41) is 10.4. The highest BCUT2D eigenvalue weighted by atomic mass is 28.3. The number of para-hydroxylation sites is 2. The molecule has 10 aromatic carbocycles. The molecule has 0 bridgehead atoms. The minimum absolute atomic E-state index is 0.937. The Labute approximate surface area is 351 Å². The van der Waals surface area contributed by atoms with Crippen molar-refractivity contribution in [2.45, 2.75) is 0 Å². The number of fused-ring (bicyclic) bond motifs is 3. The van der Waals surface area contributed by atoms with Crippen molar-refractivity contribution < 1.29 is 0 Å². The lowest BCUT2D eigenvalue weighted by atomic mass is 9.86. The highest BCUT2D eigenvalue weighted by Crippen LogP contribution is 2.44. The summed E-state index contributed by atoms with van der Waals surface area (Å²) in [6, 6.07) is 88.8. The average Bonchev–Trinajstić information content (AvgIpc) is 3.73. The third kappa shape index (κ3) is 5.82. The summed E-state index contributed by atoms with van der Waals surface area (Å²) < 4.78 is 2.28. The molecule has 0 aliphatic carbocycles. The Morgan fingerprint density at radius 2 is 0.667 bits per heavy atom. The molecule has 2 nitrogen and oxygen atoms in total. The fraction of sp³-hybridized carbons (Fsp3) is 0. The molecule has 0 N–H and O–H groups in total. The second kappa shape index (κ2) is 15.0. The van der Waals surface area contributed by atoms with Crippen molar-refractivity contribution in [1.82, 2.24) is 9.55 Å². The number of benzene rings is 10. The van der Waals surface area contributed by atoms with Crippen molar-refractivity contribution in [3.05, 3.63) is 243 Å². The number of hydrogen-bond acceptors (Lipinski definition) is 1. The van der Waals surface area contributed by atoms with Crippen molar-refractivity contribution in [2.75, 3.05) is 0 Å². The van der Waals surface area contributed by atoms with Crippen LogP contribution in [0, 0.1) is 0 Å². The van der Waals surface area contributed by atoms with Gasteiger partial charge >= 0.3 is 0 Å². The first-order valence-corrected chi connectivity index (χ1v) is 22.6. The molecule has 0 radical (unpaired) electrons. The Bertz CT molecular complexity index is 3110. The highest BCUT2D eigenvalue weighted by molar-refractivity contribution is 7.19. The molecule has 60 heavy (non-hydrogen) atoms. The largest absolute Gasteiger partial charge is 0.292 e. The van der Waals surface area contributed by atoms with Gasteiger partial charge < -0.3 is 0 Å². The second-order valence-corrected chi connectivity index (χ2v) is 19.2. The second-order valence-electron chi connectivity index (χ2n) is 15.4. The van der Waals surface area contributed by atoms with Gasteiger partial charge in [0.15, 0.2) is 8.07 Å². The summed E-state index contributed by atoms with van der Waals surface area (Å²) in [5.41, 5.74) is 9.14. The van der Waals surface area contributed by atoms with E-state index >= 15 is 0 Å². The molecule has 0 fully saturated rings. The summed E-state index contributed by atoms with van der Waals surface area (Å²) in [4.78, 5) is 5.09. The third-order valence-electron chi connectivity index (χ3n) is 12.2. The third-order valence-corrected chi connectivity index (χ3v) is 17.0. The van der Waals surface area contributed by atoms with E-state index in [1.54, 1.807) is 0 Å². The molecule has 0 saturated carbocycles. The van der Waals surface area contributed by atoms with Gasteiger partial charge in [-0.2, -0.15) is 0 Å². The molecule has 11 aromatic rings. The Hall–Kier alpha value is -7.59. The van der Waals surface area contributed by atoms with Crippen molar-refractivity contribution in [2.24, 2.45) is 0 Å². The van der Waals surface area contributed by atoms with Gasteiger partial charge in [-0.3, -0.25) is 4.57 Å². The van der Waals surface area contributed by atoms with Gasteiger partial charge in [-0.15, -0.1) is 0 Å². The zero-order valence-corrected chi connectivity index (χ0v) is 34.0. The van der Waals surface area contributed by atoms with Crippen LogP contribution < -0.4 is 20.7 Å². The first-order chi connectivity index (χ1) is 29.8. The maximum atomic E-state index is 5.09. The maximum absolute atomic E-state index is 5.09. The first-order valence-electron chi connectivity index (χ1n) is 20.6. The lowest BCUT2D eigenvalue weighted by molar-refractivity contribution is 1.10. The molecule has 0 unspecified atom stereocenters. The van der Waals surface area contributed by atoms with Crippen LogP contribution in [0.4, 0.5) is 0 Å². The minimum Gasteiger partial charge on any atom is -0.292 e. The molecular formula is C57H40N2Si. The van der Waals surface area contributed by atoms with E-state index in [9.17, 15) is 0 Å². The van der Waals surface area contributed by atoms with E-state index in [1.807, 2.05) is 0 Å². The van der Waals surface area contributed by atoms with Gasteiger partial charge in [-0.25, -0.2) is 4.98 Å². The Morgan fingerprint density at radius 3 is 1.13 bits per heavy atom. The minimum atomic E-state index is -2.65. The summed E-state index contributed by atoms with van der Waals surface area (Å²) in [5.74, 6) is 0.937. The predicted octanol–water partition coefficient (Wildman–Crippen LogP) is 11.7. The van der Waals surface area contributed by atoms with Crippen molar-refractivity contribution >= 4 is 61.4 Å². The van der Waals surface area contributed by atoms with Gasteiger partial charge in [0, 0.05) is 11.3 Å². The van der Waals surface area contributed by atoms with Gasteiger partial charge in [-0.05, 0) is 88.8 Å². The van der Waals surface area contributed by atoms with Crippen LogP contribution in [-0.2, 0) is 0 Å². The van der Waals surface area contributed by atoms with E-state index in [-0.39, 0.29) is 0 Å². The van der Waals surface area contributed by atoms with Crippen LogP contribution >= 0.6 is 0 Å². The molecule has 11 rings (SSSR count).